The summed E-state index contributed by atoms with van der Waals surface area (Å²) >= 11 is 1.78. The van der Waals surface area contributed by atoms with E-state index in [0.29, 0.717) is 11.8 Å². The monoisotopic (exact) mass is 286 g/mol. The smallest absolute Gasteiger partial charge is 0.383 e. The largest absolute Gasteiger partial charge is 0.418 e. The molecule has 1 saturated heterocycles. The fraction of sp³-hybridized carbons (Fsp3) is 0.462. The van der Waals surface area contributed by atoms with Gasteiger partial charge in [-0.25, -0.2) is 0 Å². The number of nitriles is 1. The lowest BCUT2D eigenvalue weighted by Crippen LogP contribution is -2.17. The van der Waals surface area contributed by atoms with Crippen molar-refractivity contribution in [3.63, 3.8) is 0 Å². The first-order chi connectivity index (χ1) is 9.00. The normalized spacial score (nSPS) is 19.2. The lowest BCUT2D eigenvalue weighted by molar-refractivity contribution is -0.136. The Morgan fingerprint density at radius 1 is 1.42 bits per heavy atom. The summed E-state index contributed by atoms with van der Waals surface area (Å²) in [7, 11) is 0. The minimum absolute atomic E-state index is 0.000880. The maximum Gasteiger partial charge on any atom is 0.418 e. The molecule has 0 bridgehead atoms. The second-order valence-electron chi connectivity index (χ2n) is 4.39. The molecule has 1 aromatic rings. The lowest BCUT2D eigenvalue weighted by atomic mass is 10.1. The zero-order valence-corrected chi connectivity index (χ0v) is 10.9. The molecule has 0 radical (unpaired) electrons. The van der Waals surface area contributed by atoms with Crippen LogP contribution in [0.4, 0.5) is 18.9 Å². The van der Waals surface area contributed by atoms with Crippen LogP contribution < -0.4 is 5.32 Å². The third-order valence-corrected chi connectivity index (χ3v) is 4.40. The number of nitrogens with zero attached hydrogens (tertiary/aromatic N) is 1. The maximum atomic E-state index is 12.9. The van der Waals surface area contributed by atoms with Gasteiger partial charge in [0.05, 0.1) is 17.2 Å². The molecule has 0 saturated carbocycles. The van der Waals surface area contributed by atoms with E-state index in [4.69, 9.17) is 5.26 Å². The number of benzene rings is 1. The SMILES string of the molecule is N#Cc1ccc(C(F)(F)F)c(NCC2CCCS2)c1. The summed E-state index contributed by atoms with van der Waals surface area (Å²) in [6, 6.07) is 5.28. The van der Waals surface area contributed by atoms with Gasteiger partial charge in [-0.2, -0.15) is 30.2 Å². The van der Waals surface area contributed by atoms with Gasteiger partial charge in [0.2, 0.25) is 0 Å². The molecule has 0 aliphatic carbocycles. The van der Waals surface area contributed by atoms with E-state index in [1.165, 1.54) is 12.1 Å². The Labute approximate surface area is 114 Å². The summed E-state index contributed by atoms with van der Waals surface area (Å²) in [6.07, 6.45) is -2.27. The van der Waals surface area contributed by atoms with Gasteiger partial charge in [-0.1, -0.05) is 0 Å². The van der Waals surface area contributed by atoms with Crippen molar-refractivity contribution in [2.45, 2.75) is 24.3 Å². The van der Waals surface area contributed by atoms with Gasteiger partial charge in [0, 0.05) is 17.5 Å². The zero-order valence-electron chi connectivity index (χ0n) is 10.1. The van der Waals surface area contributed by atoms with Crippen molar-refractivity contribution in [3.8, 4) is 6.07 Å². The highest BCUT2D eigenvalue weighted by Gasteiger charge is 2.33. The van der Waals surface area contributed by atoms with Gasteiger partial charge in [-0.3, -0.25) is 0 Å². The Balaban J connectivity index is 2.18. The van der Waals surface area contributed by atoms with Crippen LogP contribution in [0.1, 0.15) is 24.0 Å². The molecular formula is C13H13F3N2S. The quantitative estimate of drug-likeness (QED) is 0.915. The minimum Gasteiger partial charge on any atom is -0.383 e. The van der Waals surface area contributed by atoms with E-state index in [0.717, 1.165) is 24.7 Å². The van der Waals surface area contributed by atoms with E-state index in [1.54, 1.807) is 11.8 Å². The van der Waals surface area contributed by atoms with E-state index in [9.17, 15) is 13.2 Å². The van der Waals surface area contributed by atoms with Gasteiger partial charge in [0.25, 0.3) is 0 Å². The molecule has 1 fully saturated rings. The average Bonchev–Trinajstić information content (AvgIpc) is 2.88. The molecule has 0 aromatic heterocycles. The third kappa shape index (κ3) is 3.57. The molecule has 1 aliphatic rings. The van der Waals surface area contributed by atoms with Crippen molar-refractivity contribution in [2.75, 3.05) is 17.6 Å². The van der Waals surface area contributed by atoms with E-state index in [2.05, 4.69) is 5.32 Å². The zero-order chi connectivity index (χ0) is 13.9. The van der Waals surface area contributed by atoms with E-state index < -0.39 is 11.7 Å². The summed E-state index contributed by atoms with van der Waals surface area (Å²) in [5, 5.41) is 12.0. The van der Waals surface area contributed by atoms with E-state index in [1.807, 2.05) is 6.07 Å². The summed E-state index contributed by atoms with van der Waals surface area (Å²) in [4.78, 5) is 0. The second kappa shape index (κ2) is 5.74. The average molecular weight is 286 g/mol. The molecule has 0 amide bonds. The first kappa shape index (κ1) is 14.1. The highest BCUT2D eigenvalue weighted by molar-refractivity contribution is 8.00. The molecule has 1 atom stereocenters. The van der Waals surface area contributed by atoms with Crippen molar-refractivity contribution in [1.29, 1.82) is 5.26 Å². The summed E-state index contributed by atoms with van der Waals surface area (Å²) < 4.78 is 38.6. The Morgan fingerprint density at radius 3 is 2.79 bits per heavy atom. The van der Waals surface area contributed by atoms with Crippen LogP contribution >= 0.6 is 11.8 Å². The van der Waals surface area contributed by atoms with Crippen LogP contribution in [-0.4, -0.2) is 17.5 Å². The standard InChI is InChI=1S/C13H13F3N2S/c14-13(15,16)11-4-3-9(7-17)6-12(11)18-8-10-2-1-5-19-10/h3-4,6,10,18H,1-2,5,8H2. The number of thioether (sulfide) groups is 1. The molecule has 0 spiro atoms. The number of halogens is 3. The fourth-order valence-corrected chi connectivity index (χ4v) is 3.24. The molecule has 2 nitrogen and oxygen atoms in total. The summed E-state index contributed by atoms with van der Waals surface area (Å²) in [5.74, 6) is 1.07. The Morgan fingerprint density at radius 2 is 2.21 bits per heavy atom. The molecule has 1 unspecified atom stereocenters. The lowest BCUT2D eigenvalue weighted by Gasteiger charge is -2.17. The number of hydrogen-bond acceptors (Lipinski definition) is 3. The van der Waals surface area contributed by atoms with Gasteiger partial charge < -0.3 is 5.32 Å². The molecule has 6 heteroatoms. The molecule has 1 aliphatic heterocycles. The van der Waals surface area contributed by atoms with Gasteiger partial charge in [0.15, 0.2) is 0 Å². The van der Waals surface area contributed by atoms with Gasteiger partial charge >= 0.3 is 6.18 Å². The highest BCUT2D eigenvalue weighted by Crippen LogP contribution is 2.36. The number of hydrogen-bond donors (Lipinski definition) is 1. The number of rotatable bonds is 3. The van der Waals surface area contributed by atoms with Crippen LogP contribution in [0, 0.1) is 11.3 Å². The van der Waals surface area contributed by atoms with Gasteiger partial charge in [-0.05, 0) is 36.8 Å². The summed E-state index contributed by atoms with van der Waals surface area (Å²) in [5.41, 5.74) is -0.483. The molecule has 1 N–H and O–H groups in total. The predicted octanol–water partition coefficient (Wildman–Crippen LogP) is 3.88. The van der Waals surface area contributed by atoms with Crippen molar-refractivity contribution in [1.82, 2.24) is 0 Å². The number of anilines is 1. The summed E-state index contributed by atoms with van der Waals surface area (Å²) in [6.45, 7) is 0.503. The van der Waals surface area contributed by atoms with Crippen molar-refractivity contribution in [3.05, 3.63) is 29.3 Å². The fourth-order valence-electron chi connectivity index (χ4n) is 2.04. The predicted molar refractivity (Wildman–Crippen MR) is 70.1 cm³/mol. The van der Waals surface area contributed by atoms with Crippen LogP contribution in [-0.2, 0) is 6.18 Å². The van der Waals surface area contributed by atoms with Crippen LogP contribution in [0.2, 0.25) is 0 Å². The Kier molecular flexibility index (Phi) is 4.25. The topological polar surface area (TPSA) is 35.8 Å². The van der Waals surface area contributed by atoms with Crippen molar-refractivity contribution in [2.24, 2.45) is 0 Å². The molecule has 102 valence electrons. The van der Waals surface area contributed by atoms with E-state index >= 15 is 0 Å². The Hall–Kier alpha value is -1.35. The first-order valence-corrected chi connectivity index (χ1v) is 7.02. The van der Waals surface area contributed by atoms with Gasteiger partial charge in [-0.15, -0.1) is 0 Å². The van der Waals surface area contributed by atoms with Crippen molar-refractivity contribution >= 4 is 17.4 Å². The Bertz CT molecular complexity index is 488. The molecule has 2 rings (SSSR count). The highest BCUT2D eigenvalue weighted by atomic mass is 32.2. The number of nitrogens with one attached hydrogen (secondary N) is 1. The molecule has 19 heavy (non-hydrogen) atoms. The van der Waals surface area contributed by atoms with Crippen molar-refractivity contribution < 1.29 is 13.2 Å². The number of alkyl halides is 3. The van der Waals surface area contributed by atoms with Crippen LogP contribution in [0.25, 0.3) is 0 Å². The second-order valence-corrected chi connectivity index (χ2v) is 5.79. The van der Waals surface area contributed by atoms with E-state index in [-0.39, 0.29) is 11.3 Å². The minimum atomic E-state index is -4.40. The third-order valence-electron chi connectivity index (χ3n) is 3.00. The molecule has 1 aromatic carbocycles. The van der Waals surface area contributed by atoms with Crippen LogP contribution in [0.3, 0.4) is 0 Å². The van der Waals surface area contributed by atoms with Crippen LogP contribution in [0.15, 0.2) is 18.2 Å². The van der Waals surface area contributed by atoms with Crippen LogP contribution in [0.5, 0.6) is 0 Å². The van der Waals surface area contributed by atoms with Gasteiger partial charge in [0.1, 0.15) is 0 Å². The molecular weight excluding hydrogens is 273 g/mol. The maximum absolute atomic E-state index is 12.9. The molecule has 1 heterocycles. The first-order valence-electron chi connectivity index (χ1n) is 5.97.